The summed E-state index contributed by atoms with van der Waals surface area (Å²) in [6.07, 6.45) is -4.45. The second-order valence-corrected chi connectivity index (χ2v) is 3.92. The number of carbonyl (C=O) groups is 1. The van der Waals surface area contributed by atoms with Gasteiger partial charge in [0.15, 0.2) is 0 Å². The number of hydrogen-bond acceptors (Lipinski definition) is 1. The van der Waals surface area contributed by atoms with Gasteiger partial charge < -0.3 is 10.2 Å². The lowest BCUT2D eigenvalue weighted by molar-refractivity contribution is -0.123. The molecule has 0 aromatic heterocycles. The third-order valence-electron chi connectivity index (χ3n) is 2.37. The maximum absolute atomic E-state index is 13.0. The van der Waals surface area contributed by atoms with E-state index in [4.69, 9.17) is 0 Å². The van der Waals surface area contributed by atoms with Crippen molar-refractivity contribution in [2.24, 2.45) is 0 Å². The van der Waals surface area contributed by atoms with Gasteiger partial charge in [0.05, 0.1) is 0 Å². The zero-order valence-electron chi connectivity index (χ0n) is 10.3. The Bertz CT molecular complexity index is 434. The summed E-state index contributed by atoms with van der Waals surface area (Å²) in [5, 5.41) is 1.78. The Morgan fingerprint density at radius 1 is 1.37 bits per heavy atom. The molecule has 0 aliphatic heterocycles. The number of carbonyl (C=O) groups excluding carboxylic acids is 1. The van der Waals surface area contributed by atoms with Crippen LogP contribution in [0.25, 0.3) is 0 Å². The molecule has 1 aromatic rings. The molecular formula is C12H14F4N2O. The number of alkyl halides is 3. The number of hydrogen-bond donors (Lipinski definition) is 1. The minimum absolute atomic E-state index is 0.0535. The standard InChI is InChI=1S/C12H14F4N2O/c1-2-18(11(19)17-8-12(14,15)16)7-9-4-3-5-10(13)6-9/h3-6H,2,7-8H2,1H3,(H,17,19). The summed E-state index contributed by atoms with van der Waals surface area (Å²) in [5.41, 5.74) is 0.518. The van der Waals surface area contributed by atoms with E-state index in [1.807, 2.05) is 0 Å². The van der Waals surface area contributed by atoms with Crippen LogP contribution in [0.15, 0.2) is 24.3 Å². The third kappa shape index (κ3) is 5.58. The minimum atomic E-state index is -4.45. The van der Waals surface area contributed by atoms with Crippen LogP contribution in [-0.4, -0.2) is 30.2 Å². The Morgan fingerprint density at radius 2 is 2.05 bits per heavy atom. The quantitative estimate of drug-likeness (QED) is 0.844. The molecule has 2 amide bonds. The first-order valence-electron chi connectivity index (χ1n) is 5.66. The van der Waals surface area contributed by atoms with E-state index < -0.39 is 24.6 Å². The summed E-state index contributed by atoms with van der Waals surface area (Å²) in [6.45, 7) is 0.524. The Hall–Kier alpha value is -1.79. The van der Waals surface area contributed by atoms with Gasteiger partial charge in [-0.3, -0.25) is 0 Å². The number of rotatable bonds is 4. The predicted molar refractivity (Wildman–Crippen MR) is 61.9 cm³/mol. The first-order chi connectivity index (χ1) is 8.81. The summed E-state index contributed by atoms with van der Waals surface area (Å²) in [6, 6.07) is 4.74. The molecule has 1 N–H and O–H groups in total. The summed E-state index contributed by atoms with van der Waals surface area (Å²) < 4.78 is 48.9. The molecule has 0 atom stereocenters. The molecular weight excluding hydrogens is 264 g/mol. The molecule has 3 nitrogen and oxygen atoms in total. The zero-order valence-corrected chi connectivity index (χ0v) is 10.3. The van der Waals surface area contributed by atoms with Crippen LogP contribution in [0, 0.1) is 5.82 Å². The smallest absolute Gasteiger partial charge is 0.329 e. The second kappa shape index (κ2) is 6.40. The minimum Gasteiger partial charge on any atom is -0.329 e. The van der Waals surface area contributed by atoms with Gasteiger partial charge in [-0.05, 0) is 24.6 Å². The van der Waals surface area contributed by atoms with Gasteiger partial charge >= 0.3 is 12.2 Å². The fourth-order valence-corrected chi connectivity index (χ4v) is 1.47. The van der Waals surface area contributed by atoms with Gasteiger partial charge in [0.2, 0.25) is 0 Å². The Balaban J connectivity index is 2.60. The second-order valence-electron chi connectivity index (χ2n) is 3.92. The highest BCUT2D eigenvalue weighted by molar-refractivity contribution is 5.74. The molecule has 0 saturated heterocycles. The average Bonchev–Trinajstić information content (AvgIpc) is 2.32. The molecule has 106 valence electrons. The Labute approximate surface area is 108 Å². The van der Waals surface area contributed by atoms with Crippen LogP contribution in [0.3, 0.4) is 0 Å². The first-order valence-corrected chi connectivity index (χ1v) is 5.66. The highest BCUT2D eigenvalue weighted by Crippen LogP contribution is 2.13. The van der Waals surface area contributed by atoms with E-state index in [0.717, 1.165) is 0 Å². The van der Waals surface area contributed by atoms with Gasteiger partial charge in [-0.25, -0.2) is 9.18 Å². The number of nitrogens with zero attached hydrogens (tertiary/aromatic N) is 1. The van der Waals surface area contributed by atoms with E-state index in [2.05, 4.69) is 0 Å². The summed E-state index contributed by atoms with van der Waals surface area (Å²) in [4.78, 5) is 12.7. The van der Waals surface area contributed by atoms with Crippen LogP contribution in [0.1, 0.15) is 12.5 Å². The van der Waals surface area contributed by atoms with Gasteiger partial charge in [0.25, 0.3) is 0 Å². The normalized spacial score (nSPS) is 11.2. The maximum Gasteiger partial charge on any atom is 0.405 e. The lowest BCUT2D eigenvalue weighted by Gasteiger charge is -2.22. The monoisotopic (exact) mass is 278 g/mol. The molecule has 0 bridgehead atoms. The van der Waals surface area contributed by atoms with Crippen molar-refractivity contribution in [2.75, 3.05) is 13.1 Å². The van der Waals surface area contributed by atoms with Crippen molar-refractivity contribution in [3.63, 3.8) is 0 Å². The molecule has 0 fully saturated rings. The molecule has 1 rings (SSSR count). The van der Waals surface area contributed by atoms with Gasteiger partial charge in [-0.2, -0.15) is 13.2 Å². The molecule has 19 heavy (non-hydrogen) atoms. The van der Waals surface area contributed by atoms with Crippen LogP contribution < -0.4 is 5.32 Å². The topological polar surface area (TPSA) is 32.3 Å². The van der Waals surface area contributed by atoms with Crippen LogP contribution in [0.4, 0.5) is 22.4 Å². The SMILES string of the molecule is CCN(Cc1cccc(F)c1)C(=O)NCC(F)(F)F. The molecule has 1 aromatic carbocycles. The molecule has 0 aliphatic carbocycles. The highest BCUT2D eigenvalue weighted by atomic mass is 19.4. The van der Waals surface area contributed by atoms with Gasteiger partial charge in [0, 0.05) is 13.1 Å². The largest absolute Gasteiger partial charge is 0.405 e. The van der Waals surface area contributed by atoms with Crippen molar-refractivity contribution in [2.45, 2.75) is 19.6 Å². The van der Waals surface area contributed by atoms with E-state index in [1.165, 1.54) is 23.1 Å². The molecule has 0 saturated carbocycles. The molecule has 7 heteroatoms. The maximum atomic E-state index is 13.0. The number of nitrogens with one attached hydrogen (secondary N) is 1. The number of halogens is 4. The van der Waals surface area contributed by atoms with E-state index in [-0.39, 0.29) is 13.1 Å². The third-order valence-corrected chi connectivity index (χ3v) is 2.37. The van der Waals surface area contributed by atoms with Crippen molar-refractivity contribution in [1.29, 1.82) is 0 Å². The van der Waals surface area contributed by atoms with Crippen molar-refractivity contribution < 1.29 is 22.4 Å². The molecule has 0 radical (unpaired) electrons. The van der Waals surface area contributed by atoms with Crippen molar-refractivity contribution in [3.05, 3.63) is 35.6 Å². The fourth-order valence-electron chi connectivity index (χ4n) is 1.47. The van der Waals surface area contributed by atoms with E-state index in [9.17, 15) is 22.4 Å². The predicted octanol–water partition coefficient (Wildman–Crippen LogP) is 2.92. The lowest BCUT2D eigenvalue weighted by Crippen LogP contribution is -2.43. The fraction of sp³-hybridized carbons (Fsp3) is 0.417. The van der Waals surface area contributed by atoms with E-state index >= 15 is 0 Å². The van der Waals surface area contributed by atoms with Gasteiger partial charge in [-0.15, -0.1) is 0 Å². The van der Waals surface area contributed by atoms with Crippen LogP contribution >= 0.6 is 0 Å². The zero-order chi connectivity index (χ0) is 14.5. The summed E-state index contributed by atoms with van der Waals surface area (Å²) in [5.74, 6) is -0.454. The van der Waals surface area contributed by atoms with Crippen LogP contribution in [-0.2, 0) is 6.54 Å². The number of urea groups is 1. The first kappa shape index (κ1) is 15.3. The molecule has 0 aliphatic rings. The Morgan fingerprint density at radius 3 is 2.58 bits per heavy atom. The van der Waals surface area contributed by atoms with Crippen molar-refractivity contribution >= 4 is 6.03 Å². The average molecular weight is 278 g/mol. The van der Waals surface area contributed by atoms with Gasteiger partial charge in [0.1, 0.15) is 12.4 Å². The number of amides is 2. The molecule has 0 spiro atoms. The summed E-state index contributed by atoms with van der Waals surface area (Å²) in [7, 11) is 0. The Kier molecular flexibility index (Phi) is 5.14. The van der Waals surface area contributed by atoms with Crippen LogP contribution in [0.5, 0.6) is 0 Å². The highest BCUT2D eigenvalue weighted by Gasteiger charge is 2.28. The van der Waals surface area contributed by atoms with E-state index in [0.29, 0.717) is 5.56 Å². The summed E-state index contributed by atoms with van der Waals surface area (Å²) >= 11 is 0. The van der Waals surface area contributed by atoms with Crippen LogP contribution in [0.2, 0.25) is 0 Å². The van der Waals surface area contributed by atoms with Gasteiger partial charge in [-0.1, -0.05) is 12.1 Å². The molecule has 0 unspecified atom stereocenters. The van der Waals surface area contributed by atoms with Crippen molar-refractivity contribution in [3.8, 4) is 0 Å². The van der Waals surface area contributed by atoms with E-state index in [1.54, 1.807) is 18.3 Å². The number of benzene rings is 1. The van der Waals surface area contributed by atoms with Crippen molar-refractivity contribution in [1.82, 2.24) is 10.2 Å². The lowest BCUT2D eigenvalue weighted by atomic mass is 10.2. The molecule has 0 heterocycles.